The summed E-state index contributed by atoms with van der Waals surface area (Å²) < 4.78 is 22.8. The molecule has 0 radical (unpaired) electrons. The maximum absolute atomic E-state index is 14.6. The topological polar surface area (TPSA) is 77.5 Å². The van der Waals surface area contributed by atoms with Crippen LogP contribution in [0.1, 0.15) is 34.2 Å². The summed E-state index contributed by atoms with van der Waals surface area (Å²) in [7, 11) is 3.15. The lowest BCUT2D eigenvalue weighted by molar-refractivity contribution is -0.118. The van der Waals surface area contributed by atoms with Crippen LogP contribution in [-0.2, 0) is 4.79 Å². The molecule has 0 aromatic heterocycles. The SMILES string of the molecule is COc1cc(OC)c2c(c1)N(C(c1ccccc1)c1ccccc1)C(=O)C2c1cc2c(cc1O)OCCO2. The molecule has 0 aliphatic carbocycles. The summed E-state index contributed by atoms with van der Waals surface area (Å²) >= 11 is 0. The third kappa shape index (κ3) is 3.87. The van der Waals surface area contributed by atoms with E-state index >= 15 is 0 Å². The van der Waals surface area contributed by atoms with Crippen LogP contribution < -0.4 is 23.8 Å². The van der Waals surface area contributed by atoms with Gasteiger partial charge in [0.15, 0.2) is 11.5 Å². The van der Waals surface area contributed by atoms with E-state index in [9.17, 15) is 9.90 Å². The highest BCUT2D eigenvalue weighted by Crippen LogP contribution is 2.54. The van der Waals surface area contributed by atoms with Crippen molar-refractivity contribution in [1.29, 1.82) is 0 Å². The molecule has 192 valence electrons. The number of ether oxygens (including phenoxy) is 4. The molecule has 1 unspecified atom stereocenters. The van der Waals surface area contributed by atoms with Gasteiger partial charge in [-0.25, -0.2) is 0 Å². The number of carbonyl (C=O) groups is 1. The first-order valence-electron chi connectivity index (χ1n) is 12.4. The van der Waals surface area contributed by atoms with Crippen molar-refractivity contribution in [1.82, 2.24) is 0 Å². The first kappa shape index (κ1) is 23.7. The molecule has 7 nitrogen and oxygen atoms in total. The summed E-state index contributed by atoms with van der Waals surface area (Å²) in [5.74, 6) is 0.918. The van der Waals surface area contributed by atoms with E-state index < -0.39 is 12.0 Å². The number of phenolic OH excluding ortho intramolecular Hbond substituents is 1. The fourth-order valence-corrected chi connectivity index (χ4v) is 5.39. The summed E-state index contributed by atoms with van der Waals surface area (Å²) in [6.07, 6.45) is 0. The number of fused-ring (bicyclic) bond motifs is 2. The number of rotatable bonds is 6. The Hall–Kier alpha value is -4.65. The molecule has 0 spiro atoms. The van der Waals surface area contributed by atoms with E-state index in [1.165, 1.54) is 6.07 Å². The molecular weight excluding hydrogens is 482 g/mol. The van der Waals surface area contributed by atoms with Gasteiger partial charge in [-0.3, -0.25) is 9.69 Å². The van der Waals surface area contributed by atoms with E-state index in [1.807, 2.05) is 66.7 Å². The van der Waals surface area contributed by atoms with Gasteiger partial charge in [0.2, 0.25) is 5.91 Å². The molecule has 1 N–H and O–H groups in total. The average molecular weight is 510 g/mol. The molecule has 0 saturated heterocycles. The zero-order valence-corrected chi connectivity index (χ0v) is 21.1. The minimum atomic E-state index is -0.836. The van der Waals surface area contributed by atoms with Gasteiger partial charge in [-0.1, -0.05) is 60.7 Å². The lowest BCUT2D eigenvalue weighted by Gasteiger charge is -2.30. The predicted octanol–water partition coefficient (Wildman–Crippen LogP) is 5.45. The van der Waals surface area contributed by atoms with Crippen LogP contribution in [0, 0.1) is 0 Å². The molecule has 2 heterocycles. The number of amides is 1. The lowest BCUT2D eigenvalue weighted by Crippen LogP contribution is -2.34. The van der Waals surface area contributed by atoms with Crippen molar-refractivity contribution in [3.63, 3.8) is 0 Å². The monoisotopic (exact) mass is 509 g/mol. The first-order chi connectivity index (χ1) is 18.6. The van der Waals surface area contributed by atoms with E-state index in [0.29, 0.717) is 53.0 Å². The summed E-state index contributed by atoms with van der Waals surface area (Å²) in [5.41, 5.74) is 3.63. The van der Waals surface area contributed by atoms with Gasteiger partial charge < -0.3 is 24.1 Å². The number of carbonyl (C=O) groups excluding carboxylic acids is 1. The molecular formula is C31H27NO6. The highest BCUT2D eigenvalue weighted by atomic mass is 16.6. The van der Waals surface area contributed by atoms with Gasteiger partial charge in [-0.15, -0.1) is 0 Å². The van der Waals surface area contributed by atoms with Gasteiger partial charge in [0.1, 0.15) is 30.5 Å². The van der Waals surface area contributed by atoms with Crippen LogP contribution in [0.2, 0.25) is 0 Å². The number of nitrogens with zero attached hydrogens (tertiary/aromatic N) is 1. The van der Waals surface area contributed by atoms with Crippen LogP contribution in [0.25, 0.3) is 0 Å². The van der Waals surface area contributed by atoms with Crippen LogP contribution in [0.15, 0.2) is 84.9 Å². The number of phenols is 1. The van der Waals surface area contributed by atoms with Crippen LogP contribution in [-0.4, -0.2) is 38.4 Å². The zero-order valence-electron chi connectivity index (χ0n) is 21.1. The van der Waals surface area contributed by atoms with Crippen molar-refractivity contribution in [3.05, 3.63) is 107 Å². The second kappa shape index (κ2) is 9.67. The van der Waals surface area contributed by atoms with Crippen LogP contribution >= 0.6 is 0 Å². The number of anilines is 1. The summed E-state index contributed by atoms with van der Waals surface area (Å²) in [6.45, 7) is 0.789. The molecule has 1 amide bonds. The second-order valence-corrected chi connectivity index (χ2v) is 9.18. The summed E-state index contributed by atoms with van der Waals surface area (Å²) in [4.78, 5) is 16.4. The normalized spacial score (nSPS) is 15.9. The van der Waals surface area contributed by atoms with Crippen molar-refractivity contribution >= 4 is 11.6 Å². The van der Waals surface area contributed by atoms with E-state index in [0.717, 1.165) is 11.1 Å². The lowest BCUT2D eigenvalue weighted by atomic mass is 9.90. The van der Waals surface area contributed by atoms with Crippen LogP contribution in [0.4, 0.5) is 5.69 Å². The molecule has 2 aliphatic heterocycles. The van der Waals surface area contributed by atoms with Crippen LogP contribution in [0.5, 0.6) is 28.7 Å². The highest BCUT2D eigenvalue weighted by molar-refractivity contribution is 6.09. The Morgan fingerprint density at radius 1 is 0.842 bits per heavy atom. The van der Waals surface area contributed by atoms with E-state index in [-0.39, 0.29) is 11.7 Å². The third-order valence-corrected chi connectivity index (χ3v) is 7.07. The Bertz CT molecular complexity index is 1450. The standard InChI is InChI=1S/C31H27NO6/c1-35-21-15-23-29(27(16-21)36-2)28(22-17-25-26(18-24(22)33)38-14-13-37-25)31(34)32(23)30(19-9-5-3-6-10-19)20-11-7-4-8-12-20/h3-12,15-18,28,30,33H,13-14H2,1-2H3. The van der Waals surface area contributed by atoms with Crippen molar-refractivity contribution in [2.75, 3.05) is 32.3 Å². The quantitative estimate of drug-likeness (QED) is 0.373. The Labute approximate surface area is 220 Å². The Morgan fingerprint density at radius 2 is 1.45 bits per heavy atom. The minimum absolute atomic E-state index is 0.0470. The van der Waals surface area contributed by atoms with E-state index in [2.05, 4.69) is 0 Å². The first-order valence-corrected chi connectivity index (χ1v) is 12.4. The molecule has 0 saturated carbocycles. The molecule has 38 heavy (non-hydrogen) atoms. The van der Waals surface area contributed by atoms with E-state index in [1.54, 1.807) is 31.3 Å². The predicted molar refractivity (Wildman–Crippen MR) is 143 cm³/mol. The van der Waals surface area contributed by atoms with Crippen molar-refractivity contribution in [2.24, 2.45) is 0 Å². The molecule has 6 rings (SSSR count). The Kier molecular flexibility index (Phi) is 6.04. The number of benzene rings is 4. The highest BCUT2D eigenvalue weighted by Gasteiger charge is 2.46. The van der Waals surface area contributed by atoms with Gasteiger partial charge in [0, 0.05) is 29.3 Å². The van der Waals surface area contributed by atoms with E-state index in [4.69, 9.17) is 18.9 Å². The largest absolute Gasteiger partial charge is 0.507 e. The van der Waals surface area contributed by atoms with Crippen molar-refractivity contribution < 1.29 is 28.8 Å². The average Bonchev–Trinajstić information content (AvgIpc) is 3.24. The Balaban J connectivity index is 1.60. The number of aromatic hydroxyl groups is 1. The maximum atomic E-state index is 14.6. The fraction of sp³-hybridized carbons (Fsp3) is 0.194. The fourth-order valence-electron chi connectivity index (χ4n) is 5.39. The smallest absolute Gasteiger partial charge is 0.240 e. The number of hydrogen-bond donors (Lipinski definition) is 1. The number of hydrogen-bond acceptors (Lipinski definition) is 6. The number of methoxy groups -OCH3 is 2. The molecule has 7 heteroatoms. The molecule has 2 aliphatic rings. The summed E-state index contributed by atoms with van der Waals surface area (Å²) in [5, 5.41) is 11.1. The molecule has 1 atom stereocenters. The molecule has 0 fully saturated rings. The molecule has 0 bridgehead atoms. The molecule has 4 aromatic rings. The zero-order chi connectivity index (χ0) is 26.2. The van der Waals surface area contributed by atoms with Gasteiger partial charge >= 0.3 is 0 Å². The van der Waals surface area contributed by atoms with Crippen molar-refractivity contribution in [2.45, 2.75) is 12.0 Å². The van der Waals surface area contributed by atoms with Crippen molar-refractivity contribution in [3.8, 4) is 28.7 Å². The van der Waals surface area contributed by atoms with Gasteiger partial charge in [0.05, 0.1) is 31.9 Å². The second-order valence-electron chi connectivity index (χ2n) is 9.18. The molecule has 4 aromatic carbocycles. The Morgan fingerprint density at radius 3 is 2.03 bits per heavy atom. The maximum Gasteiger partial charge on any atom is 0.240 e. The summed E-state index contributed by atoms with van der Waals surface area (Å²) in [6, 6.07) is 26.2. The third-order valence-electron chi connectivity index (χ3n) is 7.07. The van der Waals surface area contributed by atoms with Gasteiger partial charge in [-0.05, 0) is 17.2 Å². The van der Waals surface area contributed by atoms with Gasteiger partial charge in [-0.2, -0.15) is 0 Å². The minimum Gasteiger partial charge on any atom is -0.507 e. The van der Waals surface area contributed by atoms with Crippen LogP contribution in [0.3, 0.4) is 0 Å². The van der Waals surface area contributed by atoms with Gasteiger partial charge in [0.25, 0.3) is 0 Å².